The van der Waals surface area contributed by atoms with Crippen molar-refractivity contribution in [1.29, 1.82) is 0 Å². The van der Waals surface area contributed by atoms with Crippen molar-refractivity contribution in [2.24, 2.45) is 0 Å². The fourth-order valence-electron chi connectivity index (χ4n) is 3.13. The molecule has 4 nitrogen and oxygen atoms in total. The van der Waals surface area contributed by atoms with Crippen LogP contribution < -0.4 is 9.64 Å². The van der Waals surface area contributed by atoms with Gasteiger partial charge in [0.15, 0.2) is 0 Å². The maximum Gasteiger partial charge on any atom is 0.341 e. The van der Waals surface area contributed by atoms with Gasteiger partial charge in [0.1, 0.15) is 11.3 Å². The molecular formula is C24H25NO3. The normalized spacial score (nSPS) is 10.4. The van der Waals surface area contributed by atoms with Crippen molar-refractivity contribution in [2.45, 2.75) is 20.8 Å². The van der Waals surface area contributed by atoms with Gasteiger partial charge in [0.05, 0.1) is 13.2 Å². The first kappa shape index (κ1) is 19.5. The second-order valence-electron chi connectivity index (χ2n) is 6.29. The van der Waals surface area contributed by atoms with Crippen LogP contribution >= 0.6 is 0 Å². The summed E-state index contributed by atoms with van der Waals surface area (Å²) in [4.78, 5) is 14.7. The second kappa shape index (κ2) is 9.09. The number of esters is 1. The van der Waals surface area contributed by atoms with Gasteiger partial charge in [0, 0.05) is 17.1 Å². The minimum atomic E-state index is -0.384. The Bertz CT molecular complexity index is 938. The molecule has 0 aliphatic heterocycles. The molecule has 3 aromatic rings. The first-order valence-electron chi connectivity index (χ1n) is 9.50. The van der Waals surface area contributed by atoms with E-state index in [1.807, 2.05) is 67.6 Å². The Morgan fingerprint density at radius 2 is 1.57 bits per heavy atom. The van der Waals surface area contributed by atoms with E-state index >= 15 is 0 Å². The van der Waals surface area contributed by atoms with Gasteiger partial charge in [-0.2, -0.15) is 0 Å². The zero-order valence-electron chi connectivity index (χ0n) is 16.5. The molecule has 0 aliphatic rings. The van der Waals surface area contributed by atoms with E-state index in [1.165, 1.54) is 0 Å². The number of rotatable bonds is 7. The summed E-state index contributed by atoms with van der Waals surface area (Å²) in [6.45, 7) is 6.56. The van der Waals surface area contributed by atoms with Crippen molar-refractivity contribution in [3.8, 4) is 5.75 Å². The van der Waals surface area contributed by atoms with Crippen molar-refractivity contribution in [3.05, 3.63) is 83.9 Å². The lowest BCUT2D eigenvalue weighted by Crippen LogP contribution is -2.14. The first-order chi connectivity index (χ1) is 13.7. The van der Waals surface area contributed by atoms with Crippen LogP contribution in [0.1, 0.15) is 29.8 Å². The summed E-state index contributed by atoms with van der Waals surface area (Å²) in [5.74, 6) is 0.146. The maximum absolute atomic E-state index is 12.5. The van der Waals surface area contributed by atoms with Crippen LogP contribution in [0.25, 0.3) is 0 Å². The summed E-state index contributed by atoms with van der Waals surface area (Å²) in [5, 5.41) is 0. The molecule has 28 heavy (non-hydrogen) atoms. The number of ether oxygens (including phenoxy) is 2. The lowest BCUT2D eigenvalue weighted by Gasteiger charge is -2.27. The number of para-hydroxylation sites is 2. The van der Waals surface area contributed by atoms with E-state index in [2.05, 4.69) is 24.0 Å². The van der Waals surface area contributed by atoms with E-state index < -0.39 is 0 Å². The summed E-state index contributed by atoms with van der Waals surface area (Å²) in [7, 11) is 0. The highest BCUT2D eigenvalue weighted by molar-refractivity contribution is 5.95. The lowest BCUT2D eigenvalue weighted by atomic mass is 10.1. The molecule has 0 saturated carbocycles. The predicted molar refractivity (Wildman–Crippen MR) is 113 cm³/mol. The van der Waals surface area contributed by atoms with E-state index in [1.54, 1.807) is 6.92 Å². The number of aryl methyl sites for hydroxylation is 1. The molecular weight excluding hydrogens is 350 g/mol. The molecule has 0 aromatic heterocycles. The zero-order chi connectivity index (χ0) is 19.9. The largest absolute Gasteiger partial charge is 0.493 e. The van der Waals surface area contributed by atoms with Gasteiger partial charge in [-0.25, -0.2) is 4.79 Å². The van der Waals surface area contributed by atoms with E-state index in [4.69, 9.17) is 9.47 Å². The van der Waals surface area contributed by atoms with Crippen LogP contribution in [0.15, 0.2) is 72.8 Å². The lowest BCUT2D eigenvalue weighted by molar-refractivity contribution is 0.0522. The van der Waals surface area contributed by atoms with Gasteiger partial charge >= 0.3 is 5.97 Å². The minimum Gasteiger partial charge on any atom is -0.493 e. The number of carbonyl (C=O) groups excluding carboxylic acids is 1. The van der Waals surface area contributed by atoms with Crippen LogP contribution in [0.2, 0.25) is 0 Å². The van der Waals surface area contributed by atoms with Gasteiger partial charge in [-0.1, -0.05) is 36.4 Å². The summed E-state index contributed by atoms with van der Waals surface area (Å²) in [6.07, 6.45) is 0. The molecule has 0 N–H and O–H groups in total. The Morgan fingerprint density at radius 1 is 0.857 bits per heavy atom. The summed E-state index contributed by atoms with van der Waals surface area (Å²) < 4.78 is 10.9. The third-order valence-corrected chi connectivity index (χ3v) is 4.39. The van der Waals surface area contributed by atoms with E-state index in [-0.39, 0.29) is 5.97 Å². The highest BCUT2D eigenvalue weighted by atomic mass is 16.5. The van der Waals surface area contributed by atoms with Gasteiger partial charge < -0.3 is 14.4 Å². The predicted octanol–water partition coefficient (Wildman–Crippen LogP) is 6.04. The monoisotopic (exact) mass is 375 g/mol. The van der Waals surface area contributed by atoms with Crippen molar-refractivity contribution in [1.82, 2.24) is 0 Å². The van der Waals surface area contributed by atoms with Crippen LogP contribution in [-0.4, -0.2) is 19.2 Å². The second-order valence-corrected chi connectivity index (χ2v) is 6.29. The van der Waals surface area contributed by atoms with Crippen molar-refractivity contribution >= 4 is 23.0 Å². The molecule has 0 heterocycles. The Hall–Kier alpha value is -3.27. The first-order valence-corrected chi connectivity index (χ1v) is 9.50. The van der Waals surface area contributed by atoms with Crippen molar-refractivity contribution in [3.63, 3.8) is 0 Å². The summed E-state index contributed by atoms with van der Waals surface area (Å²) in [5.41, 5.74) is 4.49. The van der Waals surface area contributed by atoms with Gasteiger partial charge in [-0.3, -0.25) is 0 Å². The summed E-state index contributed by atoms with van der Waals surface area (Å²) in [6, 6.07) is 23.9. The third kappa shape index (κ3) is 4.17. The van der Waals surface area contributed by atoms with Gasteiger partial charge in [-0.05, 0) is 62.7 Å². The molecule has 0 unspecified atom stereocenters. The molecule has 0 radical (unpaired) electrons. The number of hydrogen-bond donors (Lipinski definition) is 0. The molecule has 0 bridgehead atoms. The van der Waals surface area contributed by atoms with E-state index in [0.29, 0.717) is 24.5 Å². The van der Waals surface area contributed by atoms with Crippen LogP contribution in [0, 0.1) is 6.92 Å². The van der Waals surface area contributed by atoms with Crippen LogP contribution in [-0.2, 0) is 4.74 Å². The molecule has 0 spiro atoms. The maximum atomic E-state index is 12.5. The Balaban J connectivity index is 2.16. The average molecular weight is 375 g/mol. The molecule has 3 aromatic carbocycles. The molecule has 144 valence electrons. The molecule has 3 rings (SSSR count). The standard InChI is InChI=1S/C24H25NO3/c1-4-27-23-16-15-20(17-21(23)24(26)28-5-2)25(19-12-7-6-8-13-19)22-14-10-9-11-18(22)3/h6-17H,4-5H2,1-3H3. The summed E-state index contributed by atoms with van der Waals surface area (Å²) >= 11 is 0. The SMILES string of the molecule is CCOC(=O)c1cc(N(c2ccccc2)c2ccccc2C)ccc1OCC. The number of nitrogens with zero attached hydrogens (tertiary/aromatic N) is 1. The number of hydrogen-bond acceptors (Lipinski definition) is 4. The van der Waals surface area contributed by atoms with Crippen LogP contribution in [0.5, 0.6) is 5.75 Å². The zero-order valence-corrected chi connectivity index (χ0v) is 16.5. The fraction of sp³-hybridized carbons (Fsp3) is 0.208. The third-order valence-electron chi connectivity index (χ3n) is 4.39. The minimum absolute atomic E-state index is 0.314. The molecule has 4 heteroatoms. The Morgan fingerprint density at radius 3 is 2.25 bits per heavy atom. The van der Waals surface area contributed by atoms with Gasteiger partial charge in [0.2, 0.25) is 0 Å². The number of benzene rings is 3. The Labute approximate surface area is 166 Å². The number of anilines is 3. The average Bonchev–Trinajstić information content (AvgIpc) is 2.72. The molecule has 0 fully saturated rings. The molecule has 0 saturated heterocycles. The number of carbonyl (C=O) groups is 1. The quantitative estimate of drug-likeness (QED) is 0.472. The van der Waals surface area contributed by atoms with Gasteiger partial charge in [-0.15, -0.1) is 0 Å². The van der Waals surface area contributed by atoms with Crippen molar-refractivity contribution in [2.75, 3.05) is 18.1 Å². The highest BCUT2D eigenvalue weighted by Gasteiger charge is 2.19. The van der Waals surface area contributed by atoms with Crippen LogP contribution in [0.3, 0.4) is 0 Å². The van der Waals surface area contributed by atoms with Gasteiger partial charge in [0.25, 0.3) is 0 Å². The molecule has 0 atom stereocenters. The van der Waals surface area contributed by atoms with E-state index in [9.17, 15) is 4.79 Å². The highest BCUT2D eigenvalue weighted by Crippen LogP contribution is 2.38. The van der Waals surface area contributed by atoms with E-state index in [0.717, 1.165) is 22.6 Å². The van der Waals surface area contributed by atoms with Crippen LogP contribution in [0.4, 0.5) is 17.1 Å². The smallest absolute Gasteiger partial charge is 0.341 e. The molecule has 0 amide bonds. The van der Waals surface area contributed by atoms with Crippen molar-refractivity contribution < 1.29 is 14.3 Å². The Kier molecular flexibility index (Phi) is 6.33. The fourth-order valence-corrected chi connectivity index (χ4v) is 3.13. The topological polar surface area (TPSA) is 38.8 Å². The molecule has 0 aliphatic carbocycles.